The molecule has 140 valence electrons. The second-order valence-electron chi connectivity index (χ2n) is 6.01. The van der Waals surface area contributed by atoms with E-state index in [-0.39, 0.29) is 18.0 Å². The molecule has 0 aromatic heterocycles. The molecule has 2 rings (SSSR count). The van der Waals surface area contributed by atoms with E-state index in [2.05, 4.69) is 0 Å². The van der Waals surface area contributed by atoms with Crippen molar-refractivity contribution in [3.05, 3.63) is 59.9 Å². The number of likely N-dealkylation sites (N-methyl/N-ethyl adjacent to an activating group) is 1. The second-order valence-corrected chi connectivity index (χ2v) is 8.28. The summed E-state index contributed by atoms with van der Waals surface area (Å²) in [5.74, 6) is -0.351. The summed E-state index contributed by atoms with van der Waals surface area (Å²) in [6.45, 7) is 3.74. The lowest BCUT2D eigenvalue weighted by atomic mass is 10.2. The Labute approximate surface area is 153 Å². The summed E-state index contributed by atoms with van der Waals surface area (Å²) in [4.78, 5) is 13.7. The summed E-state index contributed by atoms with van der Waals surface area (Å²) in [6.07, 6.45) is 0. The van der Waals surface area contributed by atoms with Gasteiger partial charge in [0.05, 0.1) is 11.4 Å². The van der Waals surface area contributed by atoms with E-state index in [1.807, 2.05) is 31.2 Å². The van der Waals surface area contributed by atoms with E-state index in [0.29, 0.717) is 0 Å². The molecule has 1 atom stereocenters. The van der Waals surface area contributed by atoms with E-state index in [0.717, 1.165) is 35.6 Å². The molecule has 0 N–H and O–H groups in total. The molecule has 7 heteroatoms. The standard InChI is InChI=1S/C19H22FNO4S/c1-14-6-4-5-7-18(14)25-13-12-21(3)19(22)15(2)26(23,24)17-10-8-16(20)9-11-17/h4-11,15H,12-13H2,1-3H3. The van der Waals surface area contributed by atoms with Crippen LogP contribution in [0.1, 0.15) is 12.5 Å². The van der Waals surface area contributed by atoms with Gasteiger partial charge in [-0.3, -0.25) is 4.79 Å². The topological polar surface area (TPSA) is 63.7 Å². The lowest BCUT2D eigenvalue weighted by Crippen LogP contribution is -2.41. The van der Waals surface area contributed by atoms with E-state index >= 15 is 0 Å². The van der Waals surface area contributed by atoms with Crippen molar-refractivity contribution in [2.24, 2.45) is 0 Å². The zero-order valence-corrected chi connectivity index (χ0v) is 15.8. The minimum Gasteiger partial charge on any atom is -0.491 e. The molecule has 0 aliphatic rings. The number of aryl methyl sites for hydroxylation is 1. The molecule has 0 aliphatic carbocycles. The van der Waals surface area contributed by atoms with Crippen LogP contribution in [0.3, 0.4) is 0 Å². The number of rotatable bonds is 7. The molecule has 2 aromatic rings. The third kappa shape index (κ3) is 4.60. The first kappa shape index (κ1) is 19.9. The molecule has 1 amide bonds. The number of para-hydroxylation sites is 1. The molecule has 5 nitrogen and oxygen atoms in total. The molecule has 2 aromatic carbocycles. The largest absolute Gasteiger partial charge is 0.491 e. The molecule has 1 unspecified atom stereocenters. The van der Waals surface area contributed by atoms with Gasteiger partial charge in [0.1, 0.15) is 23.4 Å². The molecule has 0 radical (unpaired) electrons. The van der Waals surface area contributed by atoms with Gasteiger partial charge in [0.25, 0.3) is 0 Å². The Morgan fingerprint density at radius 1 is 1.15 bits per heavy atom. The summed E-state index contributed by atoms with van der Waals surface area (Å²) in [7, 11) is -2.35. The van der Waals surface area contributed by atoms with Crippen LogP contribution in [0, 0.1) is 12.7 Å². The first-order chi connectivity index (χ1) is 12.2. The Hall–Kier alpha value is -2.41. The molecule has 0 fully saturated rings. The first-order valence-corrected chi connectivity index (χ1v) is 9.71. The van der Waals surface area contributed by atoms with Gasteiger partial charge in [-0.25, -0.2) is 12.8 Å². The van der Waals surface area contributed by atoms with Gasteiger partial charge in [-0.1, -0.05) is 18.2 Å². The highest BCUT2D eigenvalue weighted by molar-refractivity contribution is 7.92. The molecule has 0 saturated heterocycles. The van der Waals surface area contributed by atoms with Crippen molar-refractivity contribution < 1.29 is 22.3 Å². The molecule has 26 heavy (non-hydrogen) atoms. The Bertz CT molecular complexity index is 865. The normalized spacial score (nSPS) is 12.5. The lowest BCUT2D eigenvalue weighted by Gasteiger charge is -2.22. The molecular weight excluding hydrogens is 357 g/mol. The van der Waals surface area contributed by atoms with E-state index < -0.39 is 26.8 Å². The molecule has 0 saturated carbocycles. The predicted octanol–water partition coefficient (Wildman–Crippen LogP) is 2.83. The zero-order valence-electron chi connectivity index (χ0n) is 15.0. The van der Waals surface area contributed by atoms with Gasteiger partial charge < -0.3 is 9.64 Å². The summed E-state index contributed by atoms with van der Waals surface area (Å²) in [6, 6.07) is 12.0. The average Bonchev–Trinajstić information content (AvgIpc) is 2.62. The predicted molar refractivity (Wildman–Crippen MR) is 97.4 cm³/mol. The van der Waals surface area contributed by atoms with Crippen molar-refractivity contribution in [1.29, 1.82) is 0 Å². The number of hydrogen-bond donors (Lipinski definition) is 0. The monoisotopic (exact) mass is 379 g/mol. The number of benzene rings is 2. The summed E-state index contributed by atoms with van der Waals surface area (Å²) < 4.78 is 43.7. The van der Waals surface area contributed by atoms with Crippen LogP contribution in [0.4, 0.5) is 4.39 Å². The molecule has 0 aliphatic heterocycles. The first-order valence-electron chi connectivity index (χ1n) is 8.16. The van der Waals surface area contributed by atoms with Crippen LogP contribution in [0.25, 0.3) is 0 Å². The summed E-state index contributed by atoms with van der Waals surface area (Å²) >= 11 is 0. The summed E-state index contributed by atoms with van der Waals surface area (Å²) in [5.41, 5.74) is 0.980. The van der Waals surface area contributed by atoms with Crippen molar-refractivity contribution in [2.75, 3.05) is 20.2 Å². The molecule has 0 heterocycles. The maximum Gasteiger partial charge on any atom is 0.240 e. The van der Waals surface area contributed by atoms with Gasteiger partial charge in [-0.05, 0) is 49.7 Å². The van der Waals surface area contributed by atoms with Crippen LogP contribution in [-0.4, -0.2) is 44.7 Å². The SMILES string of the molecule is Cc1ccccc1OCCN(C)C(=O)C(C)S(=O)(=O)c1ccc(F)cc1. The zero-order chi connectivity index (χ0) is 19.3. The molecular formula is C19H22FNO4S. The van der Waals surface area contributed by atoms with Crippen LogP contribution < -0.4 is 4.74 Å². The molecule has 0 spiro atoms. The van der Waals surface area contributed by atoms with Crippen LogP contribution in [0.2, 0.25) is 0 Å². The van der Waals surface area contributed by atoms with Crippen LogP contribution in [0.15, 0.2) is 53.4 Å². The lowest BCUT2D eigenvalue weighted by molar-refractivity contribution is -0.129. The average molecular weight is 379 g/mol. The van der Waals surface area contributed by atoms with Gasteiger partial charge in [0, 0.05) is 7.05 Å². The number of halogens is 1. The third-order valence-corrected chi connectivity index (χ3v) is 6.17. The van der Waals surface area contributed by atoms with Crippen LogP contribution >= 0.6 is 0 Å². The van der Waals surface area contributed by atoms with Crippen molar-refractivity contribution in [3.8, 4) is 5.75 Å². The van der Waals surface area contributed by atoms with Crippen molar-refractivity contribution in [2.45, 2.75) is 24.0 Å². The highest BCUT2D eigenvalue weighted by atomic mass is 32.2. The second kappa shape index (κ2) is 8.31. The Balaban J connectivity index is 1.98. The van der Waals surface area contributed by atoms with Crippen molar-refractivity contribution in [3.63, 3.8) is 0 Å². The van der Waals surface area contributed by atoms with Gasteiger partial charge in [0.15, 0.2) is 9.84 Å². The van der Waals surface area contributed by atoms with E-state index in [9.17, 15) is 17.6 Å². The fraction of sp³-hybridized carbons (Fsp3) is 0.316. The highest BCUT2D eigenvalue weighted by Gasteiger charge is 2.31. The number of sulfone groups is 1. The minimum absolute atomic E-state index is 0.0793. The summed E-state index contributed by atoms with van der Waals surface area (Å²) in [5, 5.41) is -1.27. The highest BCUT2D eigenvalue weighted by Crippen LogP contribution is 2.19. The maximum atomic E-state index is 13.0. The van der Waals surface area contributed by atoms with Gasteiger partial charge in [-0.2, -0.15) is 0 Å². The Morgan fingerprint density at radius 3 is 2.38 bits per heavy atom. The van der Waals surface area contributed by atoms with Gasteiger partial charge in [0.2, 0.25) is 5.91 Å². The number of carbonyl (C=O) groups is 1. The molecule has 0 bridgehead atoms. The number of hydrogen-bond acceptors (Lipinski definition) is 4. The van der Waals surface area contributed by atoms with E-state index in [1.54, 1.807) is 0 Å². The van der Waals surface area contributed by atoms with Crippen LogP contribution in [-0.2, 0) is 14.6 Å². The fourth-order valence-electron chi connectivity index (χ4n) is 2.39. The number of carbonyl (C=O) groups excluding carboxylic acids is 1. The van der Waals surface area contributed by atoms with Gasteiger partial charge in [-0.15, -0.1) is 0 Å². The third-order valence-electron chi connectivity index (χ3n) is 4.11. The Kier molecular flexibility index (Phi) is 6.37. The number of ether oxygens (including phenoxy) is 1. The number of nitrogens with zero attached hydrogens (tertiary/aromatic N) is 1. The fourth-order valence-corrected chi connectivity index (χ4v) is 3.76. The van der Waals surface area contributed by atoms with Gasteiger partial charge >= 0.3 is 0 Å². The Morgan fingerprint density at radius 2 is 1.77 bits per heavy atom. The van der Waals surface area contributed by atoms with Crippen molar-refractivity contribution >= 4 is 15.7 Å². The number of amides is 1. The minimum atomic E-state index is -3.88. The maximum absolute atomic E-state index is 13.0. The van der Waals surface area contributed by atoms with Crippen molar-refractivity contribution in [1.82, 2.24) is 4.90 Å². The van der Waals surface area contributed by atoms with Crippen LogP contribution in [0.5, 0.6) is 5.75 Å². The van der Waals surface area contributed by atoms with E-state index in [4.69, 9.17) is 4.74 Å². The van der Waals surface area contributed by atoms with E-state index in [1.165, 1.54) is 18.9 Å². The smallest absolute Gasteiger partial charge is 0.240 e. The quantitative estimate of drug-likeness (QED) is 0.694.